The molecule has 1 saturated heterocycles. The molecule has 2 aromatic carbocycles. The first-order chi connectivity index (χ1) is 15.0. The number of hydrogen-bond donors (Lipinski definition) is 2. The zero-order valence-electron chi connectivity index (χ0n) is 17.2. The number of benzene rings is 2. The van der Waals surface area contributed by atoms with Gasteiger partial charge in [0.2, 0.25) is 0 Å². The van der Waals surface area contributed by atoms with E-state index in [1.807, 2.05) is 31.2 Å². The van der Waals surface area contributed by atoms with E-state index in [4.69, 9.17) is 21.1 Å². The minimum absolute atomic E-state index is 0.137. The smallest absolute Gasteiger partial charge is 0.322 e. The first-order valence-electron chi connectivity index (χ1n) is 10.1. The van der Waals surface area contributed by atoms with Crippen molar-refractivity contribution in [2.24, 2.45) is 0 Å². The van der Waals surface area contributed by atoms with Gasteiger partial charge >= 0.3 is 6.03 Å². The number of halogens is 1. The van der Waals surface area contributed by atoms with E-state index in [-0.39, 0.29) is 24.2 Å². The minimum Gasteiger partial charge on any atom is -0.376 e. The number of carbonyl (C=O) groups excluding carboxylic acids is 1. The van der Waals surface area contributed by atoms with Gasteiger partial charge in [0.25, 0.3) is 5.56 Å². The van der Waals surface area contributed by atoms with Crippen LogP contribution in [0.4, 0.5) is 10.5 Å². The second-order valence-corrected chi connectivity index (χ2v) is 8.04. The van der Waals surface area contributed by atoms with Crippen molar-refractivity contribution >= 4 is 34.2 Å². The molecule has 0 radical (unpaired) electrons. The van der Waals surface area contributed by atoms with Crippen LogP contribution in [0.1, 0.15) is 11.1 Å². The molecule has 2 N–H and O–H groups in total. The molecular weight excluding hydrogens is 418 g/mol. The van der Waals surface area contributed by atoms with Crippen molar-refractivity contribution in [2.75, 3.05) is 31.7 Å². The highest BCUT2D eigenvalue weighted by molar-refractivity contribution is 6.30. The molecule has 1 aliphatic rings. The number of carbonyl (C=O) groups is 1. The zero-order chi connectivity index (χ0) is 21.8. The lowest BCUT2D eigenvalue weighted by atomic mass is 10.1. The number of aromatic amines is 1. The Kier molecular flexibility index (Phi) is 6.56. The van der Waals surface area contributed by atoms with Crippen molar-refractivity contribution in [3.63, 3.8) is 0 Å². The molecule has 3 aromatic rings. The van der Waals surface area contributed by atoms with Gasteiger partial charge < -0.3 is 24.7 Å². The van der Waals surface area contributed by atoms with Crippen LogP contribution >= 0.6 is 11.6 Å². The standard InChI is InChI=1S/C23H24ClN3O4/c1-15-2-7-21-16(10-15)11-17(22(28)26-21)12-27(13-20-14-30-8-9-31-20)23(29)25-19-5-3-18(24)4-6-19/h2-7,10-11,20H,8-9,12-14H2,1H3,(H,25,29)(H,26,28)/t20-/m1/s1. The van der Waals surface area contributed by atoms with E-state index in [0.717, 1.165) is 16.5 Å². The van der Waals surface area contributed by atoms with E-state index in [1.54, 1.807) is 29.2 Å². The summed E-state index contributed by atoms with van der Waals surface area (Å²) in [5.74, 6) is 0. The molecule has 0 bridgehead atoms. The summed E-state index contributed by atoms with van der Waals surface area (Å²) in [6.07, 6.45) is -0.258. The predicted molar refractivity (Wildman–Crippen MR) is 121 cm³/mol. The Hall–Kier alpha value is -2.87. The molecule has 1 atom stereocenters. The maximum Gasteiger partial charge on any atom is 0.322 e. The van der Waals surface area contributed by atoms with Gasteiger partial charge in [0.05, 0.1) is 39.0 Å². The van der Waals surface area contributed by atoms with Crippen LogP contribution in [0.5, 0.6) is 0 Å². The maximum atomic E-state index is 13.1. The molecule has 4 rings (SSSR count). The molecule has 31 heavy (non-hydrogen) atoms. The Labute approximate surface area is 184 Å². The zero-order valence-corrected chi connectivity index (χ0v) is 17.9. The van der Waals surface area contributed by atoms with Crippen molar-refractivity contribution in [1.82, 2.24) is 9.88 Å². The fourth-order valence-corrected chi connectivity index (χ4v) is 3.66. The van der Waals surface area contributed by atoms with Gasteiger partial charge in [-0.2, -0.15) is 0 Å². The first-order valence-corrected chi connectivity index (χ1v) is 10.5. The number of hydrogen-bond acceptors (Lipinski definition) is 4. The number of amides is 2. The van der Waals surface area contributed by atoms with E-state index >= 15 is 0 Å². The molecule has 0 saturated carbocycles. The number of nitrogens with one attached hydrogen (secondary N) is 2. The van der Waals surface area contributed by atoms with Crippen molar-refractivity contribution in [1.29, 1.82) is 0 Å². The van der Waals surface area contributed by atoms with Crippen molar-refractivity contribution in [3.05, 3.63) is 75.0 Å². The Bertz CT molecular complexity index is 1120. The molecule has 1 aromatic heterocycles. The molecule has 0 spiro atoms. The number of ether oxygens (including phenoxy) is 2. The van der Waals surface area contributed by atoms with Gasteiger partial charge in [-0.15, -0.1) is 0 Å². The lowest BCUT2D eigenvalue weighted by Crippen LogP contribution is -2.44. The SMILES string of the molecule is Cc1ccc2[nH]c(=O)c(CN(C[C@@H]3COCCO3)C(=O)Nc3ccc(Cl)cc3)cc2c1. The van der Waals surface area contributed by atoms with Crippen LogP contribution in [0.25, 0.3) is 10.9 Å². The Morgan fingerprint density at radius 3 is 2.74 bits per heavy atom. The number of fused-ring (bicyclic) bond motifs is 1. The molecule has 7 nitrogen and oxygen atoms in total. The molecule has 0 aliphatic carbocycles. The van der Waals surface area contributed by atoms with Gasteiger partial charge in [-0.1, -0.05) is 23.2 Å². The van der Waals surface area contributed by atoms with Gasteiger partial charge in [0.1, 0.15) is 0 Å². The quantitative estimate of drug-likeness (QED) is 0.628. The maximum absolute atomic E-state index is 13.1. The van der Waals surface area contributed by atoms with Crippen LogP contribution < -0.4 is 10.9 Å². The highest BCUT2D eigenvalue weighted by atomic mass is 35.5. The van der Waals surface area contributed by atoms with E-state index in [9.17, 15) is 9.59 Å². The Morgan fingerprint density at radius 2 is 2.00 bits per heavy atom. The van der Waals surface area contributed by atoms with Gasteiger partial charge in [0.15, 0.2) is 0 Å². The number of pyridine rings is 1. The summed E-state index contributed by atoms with van der Waals surface area (Å²) in [4.78, 5) is 30.2. The fourth-order valence-electron chi connectivity index (χ4n) is 3.54. The van der Waals surface area contributed by atoms with Crippen molar-refractivity contribution in [2.45, 2.75) is 19.6 Å². The predicted octanol–water partition coefficient (Wildman–Crippen LogP) is 3.94. The number of aryl methyl sites for hydroxylation is 1. The third-order valence-corrected chi connectivity index (χ3v) is 5.38. The molecule has 2 amide bonds. The van der Waals surface area contributed by atoms with E-state index in [1.165, 1.54) is 0 Å². The van der Waals surface area contributed by atoms with E-state index < -0.39 is 0 Å². The highest BCUT2D eigenvalue weighted by Crippen LogP contribution is 2.17. The number of urea groups is 1. The summed E-state index contributed by atoms with van der Waals surface area (Å²) in [6, 6.07) is 14.2. The Morgan fingerprint density at radius 1 is 1.19 bits per heavy atom. The summed E-state index contributed by atoms with van der Waals surface area (Å²) in [7, 11) is 0. The van der Waals surface area contributed by atoms with Crippen LogP contribution in [-0.2, 0) is 16.0 Å². The number of rotatable bonds is 5. The van der Waals surface area contributed by atoms with Crippen LogP contribution in [0.3, 0.4) is 0 Å². The molecular formula is C23H24ClN3O4. The van der Waals surface area contributed by atoms with Gasteiger partial charge in [0, 0.05) is 21.8 Å². The fraction of sp³-hybridized carbons (Fsp3) is 0.304. The van der Waals surface area contributed by atoms with E-state index in [0.29, 0.717) is 42.6 Å². The third-order valence-electron chi connectivity index (χ3n) is 5.13. The van der Waals surface area contributed by atoms with Crippen LogP contribution in [0.2, 0.25) is 5.02 Å². The lowest BCUT2D eigenvalue weighted by molar-refractivity contribution is -0.0943. The topological polar surface area (TPSA) is 83.7 Å². The summed E-state index contributed by atoms with van der Waals surface area (Å²) < 4.78 is 11.2. The van der Waals surface area contributed by atoms with Gasteiger partial charge in [-0.05, 0) is 54.8 Å². The summed E-state index contributed by atoms with van der Waals surface area (Å²) in [5.41, 5.74) is 2.75. The molecule has 2 heterocycles. The third kappa shape index (κ3) is 5.44. The summed E-state index contributed by atoms with van der Waals surface area (Å²) in [5, 5.41) is 4.37. The van der Waals surface area contributed by atoms with Crippen LogP contribution in [0, 0.1) is 6.92 Å². The molecule has 1 aliphatic heterocycles. The largest absolute Gasteiger partial charge is 0.376 e. The molecule has 0 unspecified atom stereocenters. The second-order valence-electron chi connectivity index (χ2n) is 7.60. The molecule has 8 heteroatoms. The van der Waals surface area contributed by atoms with Crippen LogP contribution in [0.15, 0.2) is 53.3 Å². The van der Waals surface area contributed by atoms with Crippen LogP contribution in [-0.4, -0.2) is 48.4 Å². The number of aromatic nitrogens is 1. The number of H-pyrrole nitrogens is 1. The lowest BCUT2D eigenvalue weighted by Gasteiger charge is -2.30. The first kappa shape index (κ1) is 21.4. The van der Waals surface area contributed by atoms with E-state index in [2.05, 4.69) is 10.3 Å². The van der Waals surface area contributed by atoms with Crippen molar-refractivity contribution in [3.8, 4) is 0 Å². The summed E-state index contributed by atoms with van der Waals surface area (Å²) in [6.45, 7) is 3.85. The average molecular weight is 442 g/mol. The van der Waals surface area contributed by atoms with Crippen molar-refractivity contribution < 1.29 is 14.3 Å². The summed E-state index contributed by atoms with van der Waals surface area (Å²) >= 11 is 5.93. The Balaban J connectivity index is 1.59. The second kappa shape index (κ2) is 9.51. The monoisotopic (exact) mass is 441 g/mol. The van der Waals surface area contributed by atoms with Gasteiger partial charge in [-0.25, -0.2) is 4.79 Å². The number of nitrogens with zero attached hydrogens (tertiary/aromatic N) is 1. The van der Waals surface area contributed by atoms with Gasteiger partial charge in [-0.3, -0.25) is 4.79 Å². The molecule has 162 valence electrons. The number of anilines is 1. The minimum atomic E-state index is -0.333. The normalized spacial score (nSPS) is 16.3. The molecule has 1 fully saturated rings. The average Bonchev–Trinajstić information content (AvgIpc) is 2.76. The highest BCUT2D eigenvalue weighted by Gasteiger charge is 2.23.